The molecule has 1 aliphatic heterocycles. The number of aromatic nitrogens is 2. The van der Waals surface area contributed by atoms with Crippen molar-refractivity contribution in [2.75, 3.05) is 35.0 Å². The third-order valence-electron chi connectivity index (χ3n) is 5.62. The number of hydrogen-bond donors (Lipinski definition) is 2. The molecule has 2 heterocycles. The number of carbonyl (C=O) groups is 1. The number of sulfonamides is 1. The lowest BCUT2D eigenvalue weighted by Gasteiger charge is -2.28. The Morgan fingerprint density at radius 1 is 0.939 bits per heavy atom. The molecule has 1 saturated heterocycles. The SMILES string of the molecule is O=C(CS(=O)(=O)Nc1ccc(N2CCCCC2)cc1)NCCc1ccc(-n2cccn2)cc1. The minimum absolute atomic E-state index is 0.361. The fraction of sp³-hybridized carbons (Fsp3) is 0.333. The molecule has 174 valence electrons. The lowest BCUT2D eigenvalue weighted by Crippen LogP contribution is -2.34. The summed E-state index contributed by atoms with van der Waals surface area (Å²) in [5.41, 5.74) is 3.55. The van der Waals surface area contributed by atoms with Gasteiger partial charge < -0.3 is 10.2 Å². The standard InChI is InChI=1S/C24H29N5O3S/c30-24(25-15-13-20-5-9-23(10-6-20)29-18-4-14-26-29)19-33(31,32)27-21-7-11-22(12-8-21)28-16-2-1-3-17-28/h4-12,14,18,27H,1-3,13,15-17,19H2,(H,25,30). The molecule has 1 fully saturated rings. The number of rotatable bonds is 9. The smallest absolute Gasteiger partial charge is 0.241 e. The molecule has 0 radical (unpaired) electrons. The summed E-state index contributed by atoms with van der Waals surface area (Å²) in [4.78, 5) is 14.5. The van der Waals surface area contributed by atoms with Gasteiger partial charge in [-0.3, -0.25) is 9.52 Å². The molecule has 4 rings (SSSR count). The van der Waals surface area contributed by atoms with Crippen LogP contribution in [-0.2, 0) is 21.2 Å². The fourth-order valence-corrected chi connectivity index (χ4v) is 4.93. The van der Waals surface area contributed by atoms with Crippen LogP contribution in [0, 0.1) is 0 Å². The molecule has 8 nitrogen and oxygen atoms in total. The van der Waals surface area contributed by atoms with E-state index in [1.807, 2.05) is 48.7 Å². The van der Waals surface area contributed by atoms with E-state index < -0.39 is 21.7 Å². The molecular weight excluding hydrogens is 438 g/mol. The van der Waals surface area contributed by atoms with Gasteiger partial charge in [-0.15, -0.1) is 0 Å². The van der Waals surface area contributed by atoms with Gasteiger partial charge in [-0.25, -0.2) is 13.1 Å². The first-order valence-electron chi connectivity index (χ1n) is 11.2. The summed E-state index contributed by atoms with van der Waals surface area (Å²) in [6.07, 6.45) is 7.81. The predicted molar refractivity (Wildman–Crippen MR) is 130 cm³/mol. The normalized spacial score (nSPS) is 14.1. The molecule has 2 N–H and O–H groups in total. The lowest BCUT2D eigenvalue weighted by molar-refractivity contribution is -0.118. The number of benzene rings is 2. The topological polar surface area (TPSA) is 96.3 Å². The Morgan fingerprint density at radius 2 is 1.64 bits per heavy atom. The van der Waals surface area contributed by atoms with Crippen LogP contribution in [0.15, 0.2) is 67.0 Å². The monoisotopic (exact) mass is 467 g/mol. The number of amides is 1. The van der Waals surface area contributed by atoms with Crippen molar-refractivity contribution in [2.45, 2.75) is 25.7 Å². The molecule has 2 aromatic carbocycles. The average Bonchev–Trinajstić information content (AvgIpc) is 3.35. The number of carbonyl (C=O) groups excluding carboxylic acids is 1. The number of nitrogens with one attached hydrogen (secondary N) is 2. The Morgan fingerprint density at radius 3 is 2.30 bits per heavy atom. The van der Waals surface area contributed by atoms with Gasteiger partial charge in [0.2, 0.25) is 15.9 Å². The molecular formula is C24H29N5O3S. The van der Waals surface area contributed by atoms with E-state index in [2.05, 4.69) is 20.0 Å². The van der Waals surface area contributed by atoms with Gasteiger partial charge in [-0.05, 0) is 73.7 Å². The molecule has 0 saturated carbocycles. The van der Waals surface area contributed by atoms with Gasteiger partial charge >= 0.3 is 0 Å². The molecule has 1 aromatic heterocycles. The molecule has 9 heteroatoms. The first-order valence-corrected chi connectivity index (χ1v) is 12.8. The summed E-state index contributed by atoms with van der Waals surface area (Å²) < 4.78 is 29.0. The van der Waals surface area contributed by atoms with E-state index >= 15 is 0 Å². The summed E-state index contributed by atoms with van der Waals surface area (Å²) >= 11 is 0. The number of piperidine rings is 1. The Hall–Kier alpha value is -3.33. The van der Waals surface area contributed by atoms with Crippen LogP contribution in [0.4, 0.5) is 11.4 Å². The highest BCUT2D eigenvalue weighted by molar-refractivity contribution is 7.93. The zero-order chi connectivity index (χ0) is 23.1. The predicted octanol–water partition coefficient (Wildman–Crippen LogP) is 2.96. The highest BCUT2D eigenvalue weighted by atomic mass is 32.2. The van der Waals surface area contributed by atoms with E-state index in [0.717, 1.165) is 30.0 Å². The van der Waals surface area contributed by atoms with Crippen molar-refractivity contribution in [2.24, 2.45) is 0 Å². The van der Waals surface area contributed by atoms with Crippen LogP contribution in [0.2, 0.25) is 0 Å². The second kappa shape index (κ2) is 10.5. The zero-order valence-corrected chi connectivity index (χ0v) is 19.3. The number of nitrogens with zero attached hydrogens (tertiary/aromatic N) is 3. The molecule has 0 bridgehead atoms. The minimum atomic E-state index is -3.78. The van der Waals surface area contributed by atoms with Crippen molar-refractivity contribution < 1.29 is 13.2 Å². The summed E-state index contributed by atoms with van der Waals surface area (Å²) in [5, 5.41) is 6.87. The first-order chi connectivity index (χ1) is 16.0. The van der Waals surface area contributed by atoms with E-state index in [9.17, 15) is 13.2 Å². The number of hydrogen-bond acceptors (Lipinski definition) is 5. The molecule has 0 aliphatic carbocycles. The van der Waals surface area contributed by atoms with Crippen LogP contribution in [-0.4, -0.2) is 49.5 Å². The maximum Gasteiger partial charge on any atom is 0.241 e. The number of anilines is 2. The maximum atomic E-state index is 12.4. The van der Waals surface area contributed by atoms with Gasteiger partial charge in [-0.1, -0.05) is 12.1 Å². The van der Waals surface area contributed by atoms with E-state index in [1.54, 1.807) is 23.0 Å². The fourth-order valence-electron chi connectivity index (χ4n) is 3.91. The van der Waals surface area contributed by atoms with Crippen LogP contribution in [0.1, 0.15) is 24.8 Å². The zero-order valence-electron chi connectivity index (χ0n) is 18.5. The van der Waals surface area contributed by atoms with E-state index in [0.29, 0.717) is 18.7 Å². The summed E-state index contributed by atoms with van der Waals surface area (Å²) in [5.74, 6) is -1.14. The second-order valence-electron chi connectivity index (χ2n) is 8.17. The van der Waals surface area contributed by atoms with Gasteiger partial charge in [0.1, 0.15) is 5.75 Å². The third-order valence-corrected chi connectivity index (χ3v) is 6.81. The van der Waals surface area contributed by atoms with E-state index in [-0.39, 0.29) is 0 Å². The van der Waals surface area contributed by atoms with Crippen LogP contribution in [0.25, 0.3) is 5.69 Å². The van der Waals surface area contributed by atoms with E-state index in [4.69, 9.17) is 0 Å². The average molecular weight is 468 g/mol. The highest BCUT2D eigenvalue weighted by Crippen LogP contribution is 2.22. The third kappa shape index (κ3) is 6.58. The minimum Gasteiger partial charge on any atom is -0.372 e. The van der Waals surface area contributed by atoms with Crippen LogP contribution in [0.5, 0.6) is 0 Å². The largest absolute Gasteiger partial charge is 0.372 e. The summed E-state index contributed by atoms with van der Waals surface area (Å²) in [6, 6.07) is 17.0. The maximum absolute atomic E-state index is 12.4. The van der Waals surface area contributed by atoms with Crippen molar-refractivity contribution in [1.82, 2.24) is 15.1 Å². The molecule has 33 heavy (non-hydrogen) atoms. The molecule has 0 spiro atoms. The lowest BCUT2D eigenvalue weighted by atomic mass is 10.1. The van der Waals surface area contributed by atoms with Gasteiger partial charge in [-0.2, -0.15) is 5.10 Å². The van der Waals surface area contributed by atoms with Crippen molar-refractivity contribution in [3.05, 3.63) is 72.6 Å². The van der Waals surface area contributed by atoms with Gasteiger partial charge in [0.15, 0.2) is 0 Å². The van der Waals surface area contributed by atoms with Crippen LogP contribution >= 0.6 is 0 Å². The molecule has 0 unspecified atom stereocenters. The summed E-state index contributed by atoms with van der Waals surface area (Å²) in [6.45, 7) is 2.42. The highest BCUT2D eigenvalue weighted by Gasteiger charge is 2.17. The Balaban J connectivity index is 1.22. The van der Waals surface area contributed by atoms with Crippen molar-refractivity contribution >= 4 is 27.3 Å². The Kier molecular flexibility index (Phi) is 7.29. The van der Waals surface area contributed by atoms with Gasteiger partial charge in [0.05, 0.1) is 5.69 Å². The van der Waals surface area contributed by atoms with Gasteiger partial charge in [0.25, 0.3) is 0 Å². The molecule has 1 amide bonds. The van der Waals surface area contributed by atoms with Crippen LogP contribution in [0.3, 0.4) is 0 Å². The van der Waals surface area contributed by atoms with Crippen molar-refractivity contribution in [3.63, 3.8) is 0 Å². The van der Waals surface area contributed by atoms with Crippen LogP contribution < -0.4 is 14.9 Å². The Bertz CT molecular complexity index is 1140. The van der Waals surface area contributed by atoms with Crippen molar-refractivity contribution in [1.29, 1.82) is 0 Å². The van der Waals surface area contributed by atoms with E-state index in [1.165, 1.54) is 19.3 Å². The molecule has 3 aromatic rings. The molecule has 1 aliphatic rings. The van der Waals surface area contributed by atoms with Gasteiger partial charge in [0, 0.05) is 43.4 Å². The second-order valence-corrected chi connectivity index (χ2v) is 9.90. The molecule has 0 atom stereocenters. The quantitative estimate of drug-likeness (QED) is 0.504. The van der Waals surface area contributed by atoms with Crippen molar-refractivity contribution in [3.8, 4) is 5.69 Å². The summed E-state index contributed by atoms with van der Waals surface area (Å²) in [7, 11) is -3.78. The Labute approximate surface area is 194 Å². The first kappa shape index (κ1) is 22.8.